The molecule has 0 heterocycles. The van der Waals surface area contributed by atoms with Crippen LogP contribution in [0.25, 0.3) is 0 Å². The maximum Gasteiger partial charge on any atom is 0.0443 e. The van der Waals surface area contributed by atoms with E-state index in [2.05, 4.69) is 11.8 Å². The number of nitrogens with zero attached hydrogens (tertiary/aromatic N) is 1. The summed E-state index contributed by atoms with van der Waals surface area (Å²) >= 11 is 0. The molecule has 0 aromatic carbocycles. The Hall–Kier alpha value is -0.0800. The molecule has 0 amide bonds. The summed E-state index contributed by atoms with van der Waals surface area (Å²) in [5.74, 6) is 0.912. The maximum atomic E-state index is 9.01. The molecular weight excluding hydrogens is 198 g/mol. The van der Waals surface area contributed by atoms with Gasteiger partial charge in [0.1, 0.15) is 0 Å². The van der Waals surface area contributed by atoms with E-state index in [9.17, 15) is 0 Å². The molecule has 0 saturated heterocycles. The summed E-state index contributed by atoms with van der Waals surface area (Å²) < 4.78 is 0. The van der Waals surface area contributed by atoms with Gasteiger partial charge < -0.3 is 5.11 Å². The molecule has 2 heteroatoms. The molecule has 2 nitrogen and oxygen atoms in total. The number of hydrogen-bond acceptors (Lipinski definition) is 2. The predicted octanol–water partition coefficient (Wildman–Crippen LogP) is 2.80. The monoisotopic (exact) mass is 225 g/mol. The van der Waals surface area contributed by atoms with E-state index in [0.717, 1.165) is 31.0 Å². The third-order valence-corrected chi connectivity index (χ3v) is 4.50. The van der Waals surface area contributed by atoms with Crippen LogP contribution in [-0.4, -0.2) is 35.2 Å². The second kappa shape index (κ2) is 6.02. The van der Waals surface area contributed by atoms with Crippen LogP contribution in [0.5, 0.6) is 0 Å². The molecule has 2 aliphatic carbocycles. The second-order valence-corrected chi connectivity index (χ2v) is 5.83. The fourth-order valence-electron chi connectivity index (χ4n) is 3.34. The average Bonchev–Trinajstić information content (AvgIpc) is 2.21. The number of hydrogen-bond donors (Lipinski definition) is 1. The van der Waals surface area contributed by atoms with Crippen molar-refractivity contribution < 1.29 is 5.11 Å². The third-order valence-electron chi connectivity index (χ3n) is 4.50. The lowest BCUT2D eigenvalue weighted by atomic mass is 9.82. The van der Waals surface area contributed by atoms with Gasteiger partial charge in [0, 0.05) is 25.2 Å². The summed E-state index contributed by atoms with van der Waals surface area (Å²) in [6, 6.07) is 1.67. The lowest BCUT2D eigenvalue weighted by Crippen LogP contribution is -2.48. The van der Waals surface area contributed by atoms with Crippen molar-refractivity contribution in [2.24, 2.45) is 5.92 Å². The molecule has 2 saturated carbocycles. The van der Waals surface area contributed by atoms with Crippen LogP contribution in [0, 0.1) is 5.92 Å². The highest BCUT2D eigenvalue weighted by molar-refractivity contribution is 4.87. The fourth-order valence-corrected chi connectivity index (χ4v) is 3.34. The van der Waals surface area contributed by atoms with Crippen LogP contribution in [0.3, 0.4) is 0 Å². The van der Waals surface area contributed by atoms with Gasteiger partial charge >= 0.3 is 0 Å². The zero-order valence-corrected chi connectivity index (χ0v) is 10.7. The number of aliphatic hydroxyl groups excluding tert-OH is 1. The van der Waals surface area contributed by atoms with Crippen LogP contribution in [0.1, 0.15) is 58.3 Å². The van der Waals surface area contributed by atoms with E-state index in [-0.39, 0.29) is 0 Å². The van der Waals surface area contributed by atoms with Crippen molar-refractivity contribution >= 4 is 0 Å². The normalized spacial score (nSPS) is 31.7. The van der Waals surface area contributed by atoms with E-state index >= 15 is 0 Å². The molecule has 0 aromatic rings. The first kappa shape index (κ1) is 12.4. The van der Waals surface area contributed by atoms with Gasteiger partial charge in [-0.1, -0.05) is 26.2 Å². The van der Waals surface area contributed by atoms with Gasteiger partial charge in [-0.15, -0.1) is 0 Å². The van der Waals surface area contributed by atoms with E-state index in [4.69, 9.17) is 5.11 Å². The Bertz CT molecular complexity index is 203. The lowest BCUT2D eigenvalue weighted by Gasteiger charge is -2.45. The standard InChI is InChI=1S/C14H27NO/c1-12-5-2-8-14(11-12)15(9-4-10-16)13-6-3-7-13/h12-14,16H,2-11H2,1H3. The van der Waals surface area contributed by atoms with Gasteiger partial charge in [0.05, 0.1) is 0 Å². The minimum absolute atomic E-state index is 0.353. The van der Waals surface area contributed by atoms with E-state index in [0.29, 0.717) is 6.61 Å². The van der Waals surface area contributed by atoms with Crippen molar-refractivity contribution in [3.8, 4) is 0 Å². The molecule has 0 aliphatic heterocycles. The first-order valence-electron chi connectivity index (χ1n) is 7.18. The van der Waals surface area contributed by atoms with Crippen LogP contribution in [-0.2, 0) is 0 Å². The summed E-state index contributed by atoms with van der Waals surface area (Å²) in [5, 5.41) is 9.01. The summed E-state index contributed by atoms with van der Waals surface area (Å²) in [6.07, 6.45) is 10.8. The van der Waals surface area contributed by atoms with Crippen molar-refractivity contribution in [3.05, 3.63) is 0 Å². The SMILES string of the molecule is CC1CCCC(N(CCCO)C2CCC2)C1. The largest absolute Gasteiger partial charge is 0.396 e. The minimum Gasteiger partial charge on any atom is -0.396 e. The van der Waals surface area contributed by atoms with Crippen molar-refractivity contribution in [2.45, 2.75) is 70.4 Å². The topological polar surface area (TPSA) is 23.5 Å². The molecule has 0 spiro atoms. The van der Waals surface area contributed by atoms with Crippen LogP contribution < -0.4 is 0 Å². The van der Waals surface area contributed by atoms with Crippen molar-refractivity contribution in [1.29, 1.82) is 0 Å². The molecule has 1 N–H and O–H groups in total. The van der Waals surface area contributed by atoms with E-state index < -0.39 is 0 Å². The van der Waals surface area contributed by atoms with E-state index in [1.807, 2.05) is 0 Å². The number of aliphatic hydroxyl groups is 1. The third kappa shape index (κ3) is 2.98. The lowest BCUT2D eigenvalue weighted by molar-refractivity contribution is 0.0441. The van der Waals surface area contributed by atoms with E-state index in [1.165, 1.54) is 44.9 Å². The molecule has 2 unspecified atom stereocenters. The summed E-state index contributed by atoms with van der Waals surface area (Å²) in [7, 11) is 0. The molecule has 2 aliphatic rings. The van der Waals surface area contributed by atoms with Crippen molar-refractivity contribution in [1.82, 2.24) is 4.90 Å². The van der Waals surface area contributed by atoms with Gasteiger partial charge in [0.15, 0.2) is 0 Å². The first-order valence-corrected chi connectivity index (χ1v) is 7.18. The van der Waals surface area contributed by atoms with Gasteiger partial charge in [-0.3, -0.25) is 4.90 Å². The van der Waals surface area contributed by atoms with Crippen LogP contribution >= 0.6 is 0 Å². The smallest absolute Gasteiger partial charge is 0.0443 e. The van der Waals surface area contributed by atoms with Crippen LogP contribution in [0.4, 0.5) is 0 Å². The molecule has 2 rings (SSSR count). The molecule has 2 fully saturated rings. The highest BCUT2D eigenvalue weighted by atomic mass is 16.3. The van der Waals surface area contributed by atoms with Crippen LogP contribution in [0.15, 0.2) is 0 Å². The highest BCUT2D eigenvalue weighted by Crippen LogP contribution is 2.33. The quantitative estimate of drug-likeness (QED) is 0.777. The van der Waals surface area contributed by atoms with Gasteiger partial charge in [-0.2, -0.15) is 0 Å². The zero-order valence-electron chi connectivity index (χ0n) is 10.7. The summed E-state index contributed by atoms with van der Waals surface area (Å²) in [5.41, 5.74) is 0. The summed E-state index contributed by atoms with van der Waals surface area (Å²) in [4.78, 5) is 2.73. The Morgan fingerprint density at radius 2 is 1.75 bits per heavy atom. The molecule has 2 atom stereocenters. The predicted molar refractivity (Wildman–Crippen MR) is 67.5 cm³/mol. The van der Waals surface area contributed by atoms with Gasteiger partial charge in [0.2, 0.25) is 0 Å². The van der Waals surface area contributed by atoms with E-state index in [1.54, 1.807) is 0 Å². The maximum absolute atomic E-state index is 9.01. The number of rotatable bonds is 5. The molecule has 16 heavy (non-hydrogen) atoms. The molecule has 94 valence electrons. The molecular formula is C14H27NO. The Kier molecular flexibility index (Phi) is 4.66. The second-order valence-electron chi connectivity index (χ2n) is 5.83. The van der Waals surface area contributed by atoms with Gasteiger partial charge in [0.25, 0.3) is 0 Å². The minimum atomic E-state index is 0.353. The first-order chi connectivity index (χ1) is 7.81. The molecule has 0 aromatic heterocycles. The van der Waals surface area contributed by atoms with Gasteiger partial charge in [-0.25, -0.2) is 0 Å². The Labute approximate surface area is 100 Å². The highest BCUT2D eigenvalue weighted by Gasteiger charge is 2.32. The molecule has 0 bridgehead atoms. The Balaban J connectivity index is 1.88. The Morgan fingerprint density at radius 3 is 2.31 bits per heavy atom. The van der Waals surface area contributed by atoms with Crippen molar-refractivity contribution in [3.63, 3.8) is 0 Å². The zero-order chi connectivity index (χ0) is 11.4. The fraction of sp³-hybridized carbons (Fsp3) is 1.00. The molecule has 0 radical (unpaired) electrons. The van der Waals surface area contributed by atoms with Gasteiger partial charge in [-0.05, 0) is 38.0 Å². The van der Waals surface area contributed by atoms with Crippen LogP contribution in [0.2, 0.25) is 0 Å². The average molecular weight is 225 g/mol. The summed E-state index contributed by atoms with van der Waals surface area (Å²) in [6.45, 7) is 3.88. The van der Waals surface area contributed by atoms with Crippen molar-refractivity contribution in [2.75, 3.05) is 13.2 Å². The Morgan fingerprint density at radius 1 is 1.06 bits per heavy atom.